The second-order valence-corrected chi connectivity index (χ2v) is 5.60. The fourth-order valence-electron chi connectivity index (χ4n) is 2.46. The zero-order valence-corrected chi connectivity index (χ0v) is 14.0. The number of carbonyl (C=O) groups excluding carboxylic acids is 1. The van der Waals surface area contributed by atoms with E-state index in [0.717, 1.165) is 12.0 Å². The van der Waals surface area contributed by atoms with E-state index in [1.165, 1.54) is 0 Å². The molecule has 0 aliphatic rings. The third-order valence-corrected chi connectivity index (χ3v) is 3.65. The van der Waals surface area contributed by atoms with Gasteiger partial charge in [-0.05, 0) is 24.1 Å². The summed E-state index contributed by atoms with van der Waals surface area (Å²) in [7, 11) is 0. The number of amides is 2. The molecule has 2 amide bonds. The third kappa shape index (κ3) is 4.44. The average molecular weight is 336 g/mol. The van der Waals surface area contributed by atoms with Gasteiger partial charge in [0.15, 0.2) is 5.82 Å². The van der Waals surface area contributed by atoms with E-state index in [-0.39, 0.29) is 6.03 Å². The maximum absolute atomic E-state index is 12.4. The summed E-state index contributed by atoms with van der Waals surface area (Å²) in [5.41, 5.74) is 1.60. The number of nitrogens with zero attached hydrogens (tertiary/aromatic N) is 2. The van der Waals surface area contributed by atoms with Crippen molar-refractivity contribution < 1.29 is 9.32 Å². The van der Waals surface area contributed by atoms with Crippen LogP contribution in [0.5, 0.6) is 0 Å². The number of anilines is 1. The summed E-state index contributed by atoms with van der Waals surface area (Å²) < 4.78 is 5.27. The molecule has 6 heteroatoms. The fraction of sp³-hybridized carbons (Fsp3) is 0.211. The number of aromatic nitrogens is 2. The summed E-state index contributed by atoms with van der Waals surface area (Å²) in [6.45, 7) is 2.05. The minimum Gasteiger partial charge on any atom is -0.339 e. The van der Waals surface area contributed by atoms with E-state index >= 15 is 0 Å². The average Bonchev–Trinajstić information content (AvgIpc) is 3.10. The first-order chi connectivity index (χ1) is 12.3. The van der Waals surface area contributed by atoms with Crippen molar-refractivity contribution >= 4 is 11.7 Å². The summed E-state index contributed by atoms with van der Waals surface area (Å²) in [6.07, 6.45) is 1.63. The van der Waals surface area contributed by atoms with Crippen molar-refractivity contribution in [2.24, 2.45) is 0 Å². The van der Waals surface area contributed by atoms with Crippen molar-refractivity contribution in [1.82, 2.24) is 15.5 Å². The SMILES string of the molecule is CCCc1nc(C(NC(=O)Nc2ccccc2)c2ccccc2)no1. The van der Waals surface area contributed by atoms with E-state index in [2.05, 4.69) is 20.8 Å². The molecule has 0 saturated carbocycles. The molecule has 128 valence electrons. The molecule has 3 aromatic rings. The van der Waals surface area contributed by atoms with Crippen LogP contribution < -0.4 is 10.6 Å². The number of para-hydroxylation sites is 1. The van der Waals surface area contributed by atoms with Crippen LogP contribution in [0.25, 0.3) is 0 Å². The van der Waals surface area contributed by atoms with E-state index < -0.39 is 6.04 Å². The molecule has 3 rings (SSSR count). The van der Waals surface area contributed by atoms with E-state index in [1.807, 2.05) is 67.6 Å². The van der Waals surface area contributed by atoms with Crippen molar-refractivity contribution in [2.75, 3.05) is 5.32 Å². The Hall–Kier alpha value is -3.15. The first kappa shape index (κ1) is 16.7. The number of benzene rings is 2. The maximum atomic E-state index is 12.4. The number of rotatable bonds is 6. The van der Waals surface area contributed by atoms with Crippen LogP contribution in [-0.4, -0.2) is 16.2 Å². The number of hydrogen-bond donors (Lipinski definition) is 2. The highest BCUT2D eigenvalue weighted by Gasteiger charge is 2.22. The molecule has 0 radical (unpaired) electrons. The van der Waals surface area contributed by atoms with Crippen LogP contribution in [0.3, 0.4) is 0 Å². The van der Waals surface area contributed by atoms with Crippen molar-refractivity contribution in [3.63, 3.8) is 0 Å². The number of hydrogen-bond acceptors (Lipinski definition) is 4. The molecule has 0 aliphatic heterocycles. The summed E-state index contributed by atoms with van der Waals surface area (Å²) in [5.74, 6) is 1.02. The van der Waals surface area contributed by atoms with E-state index in [1.54, 1.807) is 0 Å². The van der Waals surface area contributed by atoms with E-state index in [0.29, 0.717) is 23.8 Å². The second-order valence-electron chi connectivity index (χ2n) is 5.60. The molecular formula is C19H20N4O2. The van der Waals surface area contributed by atoms with Crippen LogP contribution in [0.2, 0.25) is 0 Å². The molecule has 2 N–H and O–H groups in total. The Labute approximate surface area is 146 Å². The smallest absolute Gasteiger partial charge is 0.320 e. The fourth-order valence-corrected chi connectivity index (χ4v) is 2.46. The van der Waals surface area contributed by atoms with Gasteiger partial charge in [0.2, 0.25) is 5.89 Å². The molecule has 0 fully saturated rings. The van der Waals surface area contributed by atoms with E-state index in [9.17, 15) is 4.79 Å². The molecule has 6 nitrogen and oxygen atoms in total. The lowest BCUT2D eigenvalue weighted by molar-refractivity contribution is 0.249. The molecule has 0 bridgehead atoms. The quantitative estimate of drug-likeness (QED) is 0.714. The van der Waals surface area contributed by atoms with Crippen LogP contribution in [-0.2, 0) is 6.42 Å². The zero-order valence-electron chi connectivity index (χ0n) is 14.0. The minimum atomic E-state index is -0.487. The van der Waals surface area contributed by atoms with Crippen molar-refractivity contribution in [3.8, 4) is 0 Å². The van der Waals surface area contributed by atoms with Crippen LogP contribution in [0.1, 0.15) is 36.7 Å². The molecular weight excluding hydrogens is 316 g/mol. The summed E-state index contributed by atoms with van der Waals surface area (Å²) in [5, 5.41) is 9.77. The van der Waals surface area contributed by atoms with Gasteiger partial charge in [0.1, 0.15) is 6.04 Å². The van der Waals surface area contributed by atoms with Gasteiger partial charge >= 0.3 is 6.03 Å². The highest BCUT2D eigenvalue weighted by Crippen LogP contribution is 2.20. The molecule has 1 aromatic heterocycles. The summed E-state index contributed by atoms with van der Waals surface area (Å²) in [6, 6.07) is 18.0. The van der Waals surface area contributed by atoms with Gasteiger partial charge in [0.05, 0.1) is 0 Å². The molecule has 1 heterocycles. The van der Waals surface area contributed by atoms with Gasteiger partial charge in [-0.25, -0.2) is 4.79 Å². The van der Waals surface area contributed by atoms with Gasteiger partial charge in [-0.2, -0.15) is 4.98 Å². The Morgan fingerprint density at radius 2 is 1.76 bits per heavy atom. The highest BCUT2D eigenvalue weighted by molar-refractivity contribution is 5.89. The zero-order chi connectivity index (χ0) is 17.5. The van der Waals surface area contributed by atoms with Crippen LogP contribution in [0.4, 0.5) is 10.5 Å². The lowest BCUT2D eigenvalue weighted by Gasteiger charge is -2.16. The van der Waals surface area contributed by atoms with Gasteiger partial charge < -0.3 is 15.2 Å². The number of aryl methyl sites for hydroxylation is 1. The lowest BCUT2D eigenvalue weighted by Crippen LogP contribution is -2.33. The minimum absolute atomic E-state index is 0.332. The Bertz CT molecular complexity index is 803. The second kappa shape index (κ2) is 8.10. The topological polar surface area (TPSA) is 80.0 Å². The van der Waals surface area contributed by atoms with Gasteiger partial charge in [0, 0.05) is 12.1 Å². The van der Waals surface area contributed by atoms with Gasteiger partial charge in [-0.3, -0.25) is 0 Å². The molecule has 0 saturated heterocycles. The first-order valence-electron chi connectivity index (χ1n) is 8.26. The number of carbonyl (C=O) groups is 1. The van der Waals surface area contributed by atoms with Gasteiger partial charge in [-0.15, -0.1) is 0 Å². The maximum Gasteiger partial charge on any atom is 0.320 e. The Kier molecular flexibility index (Phi) is 5.41. The van der Waals surface area contributed by atoms with Crippen LogP contribution in [0, 0.1) is 0 Å². The molecule has 0 aliphatic carbocycles. The van der Waals surface area contributed by atoms with Gasteiger partial charge in [-0.1, -0.05) is 60.6 Å². The normalized spacial score (nSPS) is 11.7. The monoisotopic (exact) mass is 336 g/mol. The molecule has 1 atom stereocenters. The number of nitrogens with one attached hydrogen (secondary N) is 2. The molecule has 0 spiro atoms. The Balaban J connectivity index is 1.80. The van der Waals surface area contributed by atoms with Crippen LogP contribution >= 0.6 is 0 Å². The largest absolute Gasteiger partial charge is 0.339 e. The third-order valence-electron chi connectivity index (χ3n) is 3.65. The van der Waals surface area contributed by atoms with Crippen molar-refractivity contribution in [2.45, 2.75) is 25.8 Å². The van der Waals surface area contributed by atoms with Crippen LogP contribution in [0.15, 0.2) is 65.2 Å². The Morgan fingerprint density at radius 1 is 1.08 bits per heavy atom. The van der Waals surface area contributed by atoms with Crippen molar-refractivity contribution in [1.29, 1.82) is 0 Å². The number of urea groups is 1. The first-order valence-corrected chi connectivity index (χ1v) is 8.26. The molecule has 1 unspecified atom stereocenters. The molecule has 25 heavy (non-hydrogen) atoms. The predicted molar refractivity (Wildman–Crippen MR) is 95.2 cm³/mol. The standard InChI is InChI=1S/C19H20N4O2/c1-2-9-16-21-18(23-25-16)17(14-10-5-3-6-11-14)22-19(24)20-15-12-7-4-8-13-15/h3-8,10-13,17H,2,9H2,1H3,(H2,20,22,24). The van der Waals surface area contributed by atoms with E-state index in [4.69, 9.17) is 4.52 Å². The summed E-state index contributed by atoms with van der Waals surface area (Å²) >= 11 is 0. The predicted octanol–water partition coefficient (Wildman–Crippen LogP) is 3.93. The molecule has 2 aromatic carbocycles. The highest BCUT2D eigenvalue weighted by atomic mass is 16.5. The lowest BCUT2D eigenvalue weighted by atomic mass is 10.1. The van der Waals surface area contributed by atoms with Gasteiger partial charge in [0.25, 0.3) is 0 Å². The Morgan fingerprint density at radius 3 is 2.44 bits per heavy atom. The summed E-state index contributed by atoms with van der Waals surface area (Å²) in [4.78, 5) is 16.8. The van der Waals surface area contributed by atoms with Crippen molar-refractivity contribution in [3.05, 3.63) is 77.9 Å².